The Morgan fingerprint density at radius 3 is 2.45 bits per heavy atom. The summed E-state index contributed by atoms with van der Waals surface area (Å²) in [6, 6.07) is 0. The van der Waals surface area contributed by atoms with Crippen LogP contribution >= 0.6 is 11.8 Å². The zero-order valence-electron chi connectivity index (χ0n) is 12.6. The van der Waals surface area contributed by atoms with E-state index >= 15 is 0 Å². The van der Waals surface area contributed by atoms with Gasteiger partial charge in [0.15, 0.2) is 0 Å². The highest BCUT2D eigenvalue weighted by atomic mass is 32.2. The number of aryl methyl sites for hydroxylation is 1. The normalized spacial score (nSPS) is 36.5. The molecule has 112 valence electrons. The van der Waals surface area contributed by atoms with Crippen LogP contribution in [0, 0.1) is 18.8 Å². The van der Waals surface area contributed by atoms with Crippen molar-refractivity contribution < 1.29 is 5.11 Å². The minimum absolute atomic E-state index is 0.419. The molecular weight excluding hydrogens is 270 g/mol. The lowest BCUT2D eigenvalue weighted by Gasteiger charge is -2.23. The smallest absolute Gasteiger partial charge is 0.124 e. The minimum atomic E-state index is -0.419. The van der Waals surface area contributed by atoms with Crippen LogP contribution in [0.4, 0.5) is 5.82 Å². The number of fused-ring (bicyclic) bond motifs is 1. The fourth-order valence-electron chi connectivity index (χ4n) is 4.43. The first-order valence-corrected chi connectivity index (χ1v) is 8.83. The van der Waals surface area contributed by atoms with E-state index in [4.69, 9.17) is 5.73 Å². The van der Waals surface area contributed by atoms with Gasteiger partial charge in [-0.15, -0.1) is 0 Å². The summed E-state index contributed by atoms with van der Waals surface area (Å²) < 4.78 is 1.79. The minimum Gasteiger partial charge on any atom is -0.389 e. The van der Waals surface area contributed by atoms with E-state index in [0.29, 0.717) is 17.8 Å². The summed E-state index contributed by atoms with van der Waals surface area (Å²) in [4.78, 5) is 0. The highest BCUT2D eigenvalue weighted by Gasteiger charge is 2.49. The van der Waals surface area contributed by atoms with Crippen LogP contribution in [-0.4, -0.2) is 32.5 Å². The molecule has 1 aromatic heterocycles. The van der Waals surface area contributed by atoms with Gasteiger partial charge in [0.1, 0.15) is 5.82 Å². The topological polar surface area (TPSA) is 64.1 Å². The molecule has 3 rings (SSSR count). The zero-order valence-corrected chi connectivity index (χ0v) is 13.4. The van der Waals surface area contributed by atoms with Gasteiger partial charge < -0.3 is 10.8 Å². The van der Waals surface area contributed by atoms with Gasteiger partial charge in [-0.2, -0.15) is 16.9 Å². The van der Waals surface area contributed by atoms with Crippen LogP contribution in [-0.2, 0) is 7.05 Å². The second-order valence-electron chi connectivity index (χ2n) is 6.77. The number of thioether (sulfide) groups is 1. The second-order valence-corrected chi connectivity index (χ2v) is 7.64. The van der Waals surface area contributed by atoms with E-state index in [0.717, 1.165) is 30.0 Å². The molecular formula is C15H25N3OS. The van der Waals surface area contributed by atoms with Crippen LogP contribution < -0.4 is 5.73 Å². The standard InChI is InChI=1S/C15H25N3OS/c1-9-13(17-18(2)14(9)16)10-4-11-6-15(19,8-20-3)7-12(11)5-10/h10-12,19H,4-8,16H2,1-3H3. The molecule has 1 heterocycles. The number of nitrogens with two attached hydrogens (primary N) is 1. The summed E-state index contributed by atoms with van der Waals surface area (Å²) in [7, 11) is 1.92. The average molecular weight is 295 g/mol. The van der Waals surface area contributed by atoms with E-state index in [-0.39, 0.29) is 0 Å². The van der Waals surface area contributed by atoms with Crippen molar-refractivity contribution in [3.63, 3.8) is 0 Å². The lowest BCUT2D eigenvalue weighted by Crippen LogP contribution is -2.28. The Kier molecular flexibility index (Phi) is 3.53. The Balaban J connectivity index is 1.73. The summed E-state index contributed by atoms with van der Waals surface area (Å²) in [6.07, 6.45) is 6.35. The van der Waals surface area contributed by atoms with Crippen LogP contribution in [0.15, 0.2) is 0 Å². The molecule has 2 atom stereocenters. The van der Waals surface area contributed by atoms with E-state index in [9.17, 15) is 5.11 Å². The van der Waals surface area contributed by atoms with Gasteiger partial charge >= 0.3 is 0 Å². The summed E-state index contributed by atoms with van der Waals surface area (Å²) in [5.74, 6) is 3.53. The molecule has 2 aliphatic carbocycles. The van der Waals surface area contributed by atoms with Crippen LogP contribution in [0.5, 0.6) is 0 Å². The molecule has 20 heavy (non-hydrogen) atoms. The summed E-state index contributed by atoms with van der Waals surface area (Å²) in [5, 5.41) is 15.2. The molecule has 3 N–H and O–H groups in total. The molecule has 2 unspecified atom stereocenters. The molecule has 4 nitrogen and oxygen atoms in total. The third-order valence-corrected chi connectivity index (χ3v) is 6.13. The number of rotatable bonds is 3. The summed E-state index contributed by atoms with van der Waals surface area (Å²) in [5.41, 5.74) is 7.95. The first kappa shape index (κ1) is 14.3. The third kappa shape index (κ3) is 2.25. The van der Waals surface area contributed by atoms with Gasteiger partial charge in [0.05, 0.1) is 11.3 Å². The summed E-state index contributed by atoms with van der Waals surface area (Å²) in [6.45, 7) is 2.08. The van der Waals surface area contributed by atoms with Gasteiger partial charge in [0, 0.05) is 24.3 Å². The SMILES string of the molecule is CSCC1(O)CC2CC(c3nn(C)c(N)c3C)CC2C1. The number of nitrogen functional groups attached to an aromatic ring is 1. The van der Waals surface area contributed by atoms with Crippen molar-refractivity contribution in [3.8, 4) is 0 Å². The fourth-order valence-corrected chi connectivity index (χ4v) is 5.21. The molecule has 0 saturated heterocycles. The molecule has 1 aromatic rings. The Labute approximate surface area is 125 Å². The molecule has 2 aliphatic rings. The molecule has 0 aromatic carbocycles. The first-order chi connectivity index (χ1) is 9.43. The van der Waals surface area contributed by atoms with E-state index in [1.54, 1.807) is 16.4 Å². The maximum Gasteiger partial charge on any atom is 0.124 e. The average Bonchev–Trinajstić information content (AvgIpc) is 2.95. The molecule has 2 saturated carbocycles. The second kappa shape index (κ2) is 4.95. The molecule has 0 bridgehead atoms. The van der Waals surface area contributed by atoms with Gasteiger partial charge in [-0.05, 0) is 50.7 Å². The number of aliphatic hydroxyl groups is 1. The third-order valence-electron chi connectivity index (χ3n) is 5.30. The van der Waals surface area contributed by atoms with Crippen molar-refractivity contribution in [1.29, 1.82) is 0 Å². The van der Waals surface area contributed by atoms with Crippen molar-refractivity contribution in [1.82, 2.24) is 9.78 Å². The first-order valence-electron chi connectivity index (χ1n) is 7.44. The Hall–Kier alpha value is -0.680. The fraction of sp³-hybridized carbons (Fsp3) is 0.800. The predicted molar refractivity (Wildman–Crippen MR) is 83.9 cm³/mol. The van der Waals surface area contributed by atoms with Gasteiger partial charge in [0.25, 0.3) is 0 Å². The lowest BCUT2D eigenvalue weighted by atomic mass is 9.93. The number of anilines is 1. The van der Waals surface area contributed by atoms with Gasteiger partial charge in [-0.1, -0.05) is 0 Å². The van der Waals surface area contributed by atoms with E-state index in [2.05, 4.69) is 18.3 Å². The van der Waals surface area contributed by atoms with Crippen LogP contribution in [0.2, 0.25) is 0 Å². The van der Waals surface area contributed by atoms with E-state index < -0.39 is 5.60 Å². The molecule has 0 aliphatic heterocycles. The number of nitrogens with zero attached hydrogens (tertiary/aromatic N) is 2. The van der Waals surface area contributed by atoms with Gasteiger partial charge in [0.2, 0.25) is 0 Å². The predicted octanol–water partition coefficient (Wildman–Crippen LogP) is 2.31. The quantitative estimate of drug-likeness (QED) is 0.898. The Bertz CT molecular complexity index is 499. The molecule has 0 radical (unpaired) electrons. The largest absolute Gasteiger partial charge is 0.389 e. The maximum atomic E-state index is 10.6. The number of hydrogen-bond acceptors (Lipinski definition) is 4. The maximum absolute atomic E-state index is 10.6. The highest BCUT2D eigenvalue weighted by molar-refractivity contribution is 7.98. The lowest BCUT2D eigenvalue weighted by molar-refractivity contribution is 0.0631. The Morgan fingerprint density at radius 1 is 1.40 bits per heavy atom. The van der Waals surface area contributed by atoms with Crippen LogP contribution in [0.25, 0.3) is 0 Å². The van der Waals surface area contributed by atoms with Gasteiger partial charge in [-0.3, -0.25) is 4.68 Å². The molecule has 5 heteroatoms. The number of aromatic nitrogens is 2. The molecule has 2 fully saturated rings. The van der Waals surface area contributed by atoms with E-state index in [1.165, 1.54) is 18.5 Å². The van der Waals surface area contributed by atoms with Crippen LogP contribution in [0.1, 0.15) is 42.9 Å². The Morgan fingerprint density at radius 2 is 2.00 bits per heavy atom. The summed E-state index contributed by atoms with van der Waals surface area (Å²) >= 11 is 1.76. The van der Waals surface area contributed by atoms with Crippen molar-refractivity contribution in [2.75, 3.05) is 17.7 Å². The monoisotopic (exact) mass is 295 g/mol. The molecule has 0 spiro atoms. The van der Waals surface area contributed by atoms with E-state index in [1.807, 2.05) is 7.05 Å². The van der Waals surface area contributed by atoms with Gasteiger partial charge in [-0.25, -0.2) is 0 Å². The van der Waals surface area contributed by atoms with Crippen LogP contribution in [0.3, 0.4) is 0 Å². The molecule has 0 amide bonds. The number of hydrogen-bond donors (Lipinski definition) is 2. The zero-order chi connectivity index (χ0) is 14.5. The van der Waals surface area contributed by atoms with Crippen molar-refractivity contribution in [3.05, 3.63) is 11.3 Å². The van der Waals surface area contributed by atoms with Crippen molar-refractivity contribution in [2.24, 2.45) is 18.9 Å². The van der Waals surface area contributed by atoms with Crippen molar-refractivity contribution >= 4 is 17.6 Å². The highest BCUT2D eigenvalue weighted by Crippen LogP contribution is 2.54. The van der Waals surface area contributed by atoms with Crippen molar-refractivity contribution in [2.45, 2.75) is 44.1 Å².